The number of hydrogen-bond acceptors (Lipinski definition) is 3. The third-order valence-corrected chi connectivity index (χ3v) is 5.06. The second-order valence-corrected chi connectivity index (χ2v) is 6.70. The zero-order valence-electron chi connectivity index (χ0n) is 13.1. The van der Waals surface area contributed by atoms with E-state index in [1.54, 1.807) is 41.5 Å². The molecule has 4 rings (SSSR count). The van der Waals surface area contributed by atoms with E-state index in [0.29, 0.717) is 21.6 Å². The van der Waals surface area contributed by atoms with Crippen LogP contribution in [0.5, 0.6) is 0 Å². The van der Waals surface area contributed by atoms with E-state index in [-0.39, 0.29) is 17.9 Å². The molecular formula is C18H14Cl2N4O. The van der Waals surface area contributed by atoms with Crippen LogP contribution in [0.1, 0.15) is 28.4 Å². The Hall–Kier alpha value is -2.37. The van der Waals surface area contributed by atoms with E-state index in [0.717, 1.165) is 12.0 Å². The fraction of sp³-hybridized carbons (Fsp3) is 0.167. The first-order valence-electron chi connectivity index (χ1n) is 7.83. The van der Waals surface area contributed by atoms with Gasteiger partial charge in [-0.25, -0.2) is 9.97 Å². The van der Waals surface area contributed by atoms with E-state index < -0.39 is 0 Å². The lowest BCUT2D eigenvalue weighted by molar-refractivity contribution is 0.0945. The van der Waals surface area contributed by atoms with Crippen LogP contribution in [-0.2, 0) is 0 Å². The molecular weight excluding hydrogens is 359 g/mol. The van der Waals surface area contributed by atoms with Gasteiger partial charge in [0.05, 0.1) is 10.0 Å². The topological polar surface area (TPSA) is 59.8 Å². The fourth-order valence-electron chi connectivity index (χ4n) is 2.84. The van der Waals surface area contributed by atoms with Gasteiger partial charge in [0, 0.05) is 24.4 Å². The first-order valence-corrected chi connectivity index (χ1v) is 8.59. The third kappa shape index (κ3) is 3.25. The largest absolute Gasteiger partial charge is 0.347 e. The molecule has 0 spiro atoms. The molecule has 3 aromatic rings. The van der Waals surface area contributed by atoms with Crippen molar-refractivity contribution in [3.05, 3.63) is 76.4 Å². The molecule has 126 valence electrons. The lowest BCUT2D eigenvalue weighted by Crippen LogP contribution is -2.27. The van der Waals surface area contributed by atoms with Gasteiger partial charge in [-0.3, -0.25) is 9.36 Å². The molecule has 1 saturated carbocycles. The summed E-state index contributed by atoms with van der Waals surface area (Å²) in [5, 5.41) is 4.10. The highest BCUT2D eigenvalue weighted by atomic mass is 35.5. The number of benzene rings is 1. The highest BCUT2D eigenvalue weighted by molar-refractivity contribution is 6.42. The Morgan fingerprint density at radius 2 is 2.04 bits per heavy atom. The highest BCUT2D eigenvalue weighted by Crippen LogP contribution is 2.45. The predicted molar refractivity (Wildman–Crippen MR) is 96.4 cm³/mol. The molecule has 25 heavy (non-hydrogen) atoms. The van der Waals surface area contributed by atoms with E-state index in [1.165, 1.54) is 0 Å². The lowest BCUT2D eigenvalue weighted by atomic mass is 10.1. The van der Waals surface area contributed by atoms with Crippen molar-refractivity contribution in [3.63, 3.8) is 0 Å². The van der Waals surface area contributed by atoms with Crippen LogP contribution in [0.15, 0.2) is 55.1 Å². The van der Waals surface area contributed by atoms with Gasteiger partial charge >= 0.3 is 0 Å². The van der Waals surface area contributed by atoms with Crippen LogP contribution >= 0.6 is 23.2 Å². The average molecular weight is 373 g/mol. The predicted octanol–water partition coefficient (Wildman–Crippen LogP) is 3.86. The molecule has 2 heterocycles. The molecule has 0 radical (unpaired) electrons. The molecule has 7 heteroatoms. The van der Waals surface area contributed by atoms with Gasteiger partial charge in [-0.15, -0.1) is 0 Å². The Balaban J connectivity index is 1.47. The normalized spacial score (nSPS) is 18.8. The van der Waals surface area contributed by atoms with Crippen molar-refractivity contribution < 1.29 is 4.79 Å². The number of carbonyl (C=O) groups is 1. The number of nitrogens with one attached hydrogen (secondary N) is 1. The molecule has 1 N–H and O–H groups in total. The first kappa shape index (κ1) is 16.1. The number of carbonyl (C=O) groups excluding carboxylic acids is 1. The Morgan fingerprint density at radius 1 is 1.20 bits per heavy atom. The molecule has 1 aromatic carbocycles. The van der Waals surface area contributed by atoms with Gasteiger partial charge in [0.1, 0.15) is 17.8 Å². The number of amides is 1. The second kappa shape index (κ2) is 6.50. The van der Waals surface area contributed by atoms with Crippen LogP contribution in [-0.4, -0.2) is 26.5 Å². The van der Waals surface area contributed by atoms with Crippen LogP contribution in [0.3, 0.4) is 0 Å². The smallest absolute Gasteiger partial charge is 0.270 e. The summed E-state index contributed by atoms with van der Waals surface area (Å²) in [5.74, 6) is 0.634. The number of imidazole rings is 1. The fourth-order valence-corrected chi connectivity index (χ4v) is 3.28. The maximum atomic E-state index is 12.5. The number of hydrogen-bond donors (Lipinski definition) is 1. The summed E-state index contributed by atoms with van der Waals surface area (Å²) >= 11 is 12.3. The van der Waals surface area contributed by atoms with E-state index in [1.807, 2.05) is 18.2 Å². The Bertz CT molecular complexity index is 927. The molecule has 2 aromatic heterocycles. The first-order chi connectivity index (χ1) is 12.1. The number of aromatic nitrogens is 3. The maximum absolute atomic E-state index is 12.5. The highest BCUT2D eigenvalue weighted by Gasteiger charge is 2.41. The lowest BCUT2D eigenvalue weighted by Gasteiger charge is -2.08. The Morgan fingerprint density at radius 3 is 2.84 bits per heavy atom. The molecule has 0 aliphatic heterocycles. The Kier molecular flexibility index (Phi) is 4.19. The van der Waals surface area contributed by atoms with Gasteiger partial charge < -0.3 is 5.32 Å². The zero-order chi connectivity index (χ0) is 17.4. The van der Waals surface area contributed by atoms with Crippen molar-refractivity contribution >= 4 is 29.1 Å². The average Bonchev–Trinajstić information content (AvgIpc) is 3.15. The molecule has 0 unspecified atom stereocenters. The molecule has 0 bridgehead atoms. The monoisotopic (exact) mass is 372 g/mol. The SMILES string of the molecule is O=C(N[C@@H]1C[C@H]1c1cccc(Cl)c1Cl)c1cccc(-n2ccnc2)n1. The van der Waals surface area contributed by atoms with Gasteiger partial charge in [0.25, 0.3) is 5.91 Å². The van der Waals surface area contributed by atoms with E-state index in [9.17, 15) is 4.79 Å². The number of halogens is 2. The summed E-state index contributed by atoms with van der Waals surface area (Å²) in [6.45, 7) is 0. The van der Waals surface area contributed by atoms with Crippen molar-refractivity contribution in [2.24, 2.45) is 0 Å². The number of nitrogens with zero attached hydrogens (tertiary/aromatic N) is 3. The molecule has 5 nitrogen and oxygen atoms in total. The van der Waals surface area contributed by atoms with Crippen molar-refractivity contribution in [1.82, 2.24) is 19.9 Å². The molecule has 0 saturated heterocycles. The van der Waals surface area contributed by atoms with Crippen LogP contribution < -0.4 is 5.32 Å². The van der Waals surface area contributed by atoms with Crippen molar-refractivity contribution in [2.75, 3.05) is 0 Å². The second-order valence-electron chi connectivity index (χ2n) is 5.92. The van der Waals surface area contributed by atoms with Crippen LogP contribution in [0.25, 0.3) is 5.82 Å². The Labute approximate surface area is 154 Å². The van der Waals surface area contributed by atoms with Gasteiger partial charge in [-0.2, -0.15) is 0 Å². The van der Waals surface area contributed by atoms with Crippen molar-refractivity contribution in [3.8, 4) is 5.82 Å². The molecule has 1 aliphatic carbocycles. The summed E-state index contributed by atoms with van der Waals surface area (Å²) in [5.41, 5.74) is 1.34. The van der Waals surface area contributed by atoms with Crippen LogP contribution in [0.4, 0.5) is 0 Å². The number of pyridine rings is 1. The van der Waals surface area contributed by atoms with Crippen molar-refractivity contribution in [1.29, 1.82) is 0 Å². The summed E-state index contributed by atoms with van der Waals surface area (Å²) in [6.07, 6.45) is 5.93. The van der Waals surface area contributed by atoms with Crippen LogP contribution in [0, 0.1) is 0 Å². The third-order valence-electron chi connectivity index (χ3n) is 4.22. The molecule has 1 aliphatic rings. The summed E-state index contributed by atoms with van der Waals surface area (Å²) in [7, 11) is 0. The summed E-state index contributed by atoms with van der Waals surface area (Å²) in [6, 6.07) is 10.9. The van der Waals surface area contributed by atoms with Crippen molar-refractivity contribution in [2.45, 2.75) is 18.4 Å². The van der Waals surface area contributed by atoms with E-state index in [2.05, 4.69) is 15.3 Å². The number of rotatable bonds is 4. The maximum Gasteiger partial charge on any atom is 0.270 e. The standard InChI is InChI=1S/C18H14Cl2N4O/c19-13-4-1-3-11(17(13)20)12-9-15(12)23-18(25)14-5-2-6-16(22-14)24-8-7-21-10-24/h1-8,10,12,15H,9H2,(H,23,25)/t12-,15+/m0/s1. The minimum absolute atomic E-state index is 0.0437. The minimum Gasteiger partial charge on any atom is -0.347 e. The molecule has 1 amide bonds. The molecule has 1 fully saturated rings. The minimum atomic E-state index is -0.201. The zero-order valence-corrected chi connectivity index (χ0v) is 14.6. The van der Waals surface area contributed by atoms with Gasteiger partial charge in [-0.1, -0.05) is 41.4 Å². The quantitative estimate of drug-likeness (QED) is 0.756. The van der Waals surface area contributed by atoms with E-state index in [4.69, 9.17) is 23.2 Å². The molecule has 2 atom stereocenters. The van der Waals surface area contributed by atoms with Gasteiger partial charge in [0.15, 0.2) is 0 Å². The summed E-state index contributed by atoms with van der Waals surface area (Å²) < 4.78 is 1.75. The van der Waals surface area contributed by atoms with Crippen LogP contribution in [0.2, 0.25) is 10.0 Å². The van der Waals surface area contributed by atoms with Gasteiger partial charge in [-0.05, 0) is 30.2 Å². The summed E-state index contributed by atoms with van der Waals surface area (Å²) in [4.78, 5) is 20.9. The van der Waals surface area contributed by atoms with E-state index >= 15 is 0 Å². The van der Waals surface area contributed by atoms with Gasteiger partial charge in [0.2, 0.25) is 0 Å².